The minimum absolute atomic E-state index is 0.599. The van der Waals surface area contributed by atoms with Crippen molar-refractivity contribution in [2.75, 3.05) is 12.0 Å². The zero-order chi connectivity index (χ0) is 13.7. The highest BCUT2D eigenvalue weighted by molar-refractivity contribution is 5.59. The van der Waals surface area contributed by atoms with Gasteiger partial charge in [-0.1, -0.05) is 19.1 Å². The van der Waals surface area contributed by atoms with Gasteiger partial charge < -0.3 is 10.2 Å². The molecule has 5 heteroatoms. The second-order valence-electron chi connectivity index (χ2n) is 4.24. The van der Waals surface area contributed by atoms with Crippen molar-refractivity contribution < 1.29 is 4.74 Å². The number of nitrogen functional groups attached to an aromatic ring is 1. The van der Waals surface area contributed by atoms with Crippen LogP contribution in [0.1, 0.15) is 19.0 Å². The van der Waals surface area contributed by atoms with Gasteiger partial charge in [0.1, 0.15) is 11.6 Å². The molecular formula is C14H18N4O. The van der Waals surface area contributed by atoms with E-state index in [9.17, 15) is 0 Å². The SMILES string of the molecule is CCCOc1cccc(-c2nc(C)cc(NN)n2)c1. The summed E-state index contributed by atoms with van der Waals surface area (Å²) in [4.78, 5) is 8.75. The van der Waals surface area contributed by atoms with E-state index in [1.165, 1.54) is 0 Å². The summed E-state index contributed by atoms with van der Waals surface area (Å²) < 4.78 is 5.61. The first-order valence-corrected chi connectivity index (χ1v) is 6.28. The first-order valence-electron chi connectivity index (χ1n) is 6.28. The Morgan fingerprint density at radius 3 is 2.84 bits per heavy atom. The largest absolute Gasteiger partial charge is 0.494 e. The number of hydrogen-bond acceptors (Lipinski definition) is 5. The standard InChI is InChI=1S/C14H18N4O/c1-3-7-19-12-6-4-5-11(9-12)14-16-10(2)8-13(17-14)18-15/h4-6,8-9H,3,7,15H2,1-2H3,(H,16,17,18). The Balaban J connectivity index is 2.32. The van der Waals surface area contributed by atoms with Crippen LogP contribution in [0.25, 0.3) is 11.4 Å². The lowest BCUT2D eigenvalue weighted by Crippen LogP contribution is -2.10. The molecule has 3 N–H and O–H groups in total. The fourth-order valence-electron chi connectivity index (χ4n) is 1.72. The van der Waals surface area contributed by atoms with Gasteiger partial charge in [0, 0.05) is 17.3 Å². The quantitative estimate of drug-likeness (QED) is 0.637. The first kappa shape index (κ1) is 13.3. The number of ether oxygens (including phenoxy) is 1. The van der Waals surface area contributed by atoms with Crippen molar-refractivity contribution in [2.24, 2.45) is 5.84 Å². The smallest absolute Gasteiger partial charge is 0.161 e. The molecule has 100 valence electrons. The molecule has 0 radical (unpaired) electrons. The van der Waals surface area contributed by atoms with Crippen molar-refractivity contribution in [3.05, 3.63) is 36.0 Å². The number of aromatic nitrogens is 2. The number of hydrogen-bond donors (Lipinski definition) is 2. The Morgan fingerprint density at radius 1 is 1.26 bits per heavy atom. The average molecular weight is 258 g/mol. The third-order valence-corrected chi connectivity index (χ3v) is 2.57. The van der Waals surface area contributed by atoms with E-state index >= 15 is 0 Å². The summed E-state index contributed by atoms with van der Waals surface area (Å²) in [5, 5.41) is 0. The predicted molar refractivity (Wildman–Crippen MR) is 75.8 cm³/mol. The second kappa shape index (κ2) is 6.15. The summed E-state index contributed by atoms with van der Waals surface area (Å²) in [7, 11) is 0. The van der Waals surface area contributed by atoms with Crippen LogP contribution in [-0.4, -0.2) is 16.6 Å². The molecule has 1 aromatic heterocycles. The molecule has 0 unspecified atom stereocenters. The Morgan fingerprint density at radius 2 is 2.11 bits per heavy atom. The van der Waals surface area contributed by atoms with E-state index in [4.69, 9.17) is 10.6 Å². The van der Waals surface area contributed by atoms with Crippen molar-refractivity contribution in [3.63, 3.8) is 0 Å². The van der Waals surface area contributed by atoms with Gasteiger partial charge in [-0.25, -0.2) is 15.8 Å². The molecule has 1 aromatic carbocycles. The number of nitrogens with two attached hydrogens (primary N) is 1. The van der Waals surface area contributed by atoms with Gasteiger partial charge in [-0.3, -0.25) is 0 Å². The molecule has 1 heterocycles. The number of hydrazine groups is 1. The van der Waals surface area contributed by atoms with Crippen molar-refractivity contribution in [1.82, 2.24) is 9.97 Å². The summed E-state index contributed by atoms with van der Waals surface area (Å²) in [5.41, 5.74) is 4.31. The van der Waals surface area contributed by atoms with Crippen LogP contribution in [0, 0.1) is 6.92 Å². The Bertz CT molecular complexity index is 557. The summed E-state index contributed by atoms with van der Waals surface area (Å²) >= 11 is 0. The summed E-state index contributed by atoms with van der Waals surface area (Å²) in [6.07, 6.45) is 0.979. The number of rotatable bonds is 5. The number of benzene rings is 1. The summed E-state index contributed by atoms with van der Waals surface area (Å²) in [5.74, 6) is 7.46. The van der Waals surface area contributed by atoms with Gasteiger partial charge in [0.05, 0.1) is 6.61 Å². The zero-order valence-electron chi connectivity index (χ0n) is 11.2. The van der Waals surface area contributed by atoms with E-state index in [0.717, 1.165) is 23.4 Å². The maximum Gasteiger partial charge on any atom is 0.161 e. The topological polar surface area (TPSA) is 73.1 Å². The predicted octanol–water partition coefficient (Wildman–Crippen LogP) is 2.53. The maximum atomic E-state index is 5.61. The molecule has 0 aliphatic rings. The van der Waals surface area contributed by atoms with E-state index in [2.05, 4.69) is 22.3 Å². The highest BCUT2D eigenvalue weighted by Gasteiger charge is 2.05. The van der Waals surface area contributed by atoms with Crippen molar-refractivity contribution in [2.45, 2.75) is 20.3 Å². The van der Waals surface area contributed by atoms with E-state index in [1.807, 2.05) is 31.2 Å². The summed E-state index contributed by atoms with van der Waals surface area (Å²) in [6.45, 7) is 4.68. The maximum absolute atomic E-state index is 5.61. The lowest BCUT2D eigenvalue weighted by Gasteiger charge is -2.08. The molecule has 2 aromatic rings. The fraction of sp³-hybridized carbons (Fsp3) is 0.286. The molecule has 0 aliphatic carbocycles. The molecule has 0 atom stereocenters. The zero-order valence-corrected chi connectivity index (χ0v) is 11.2. The van der Waals surface area contributed by atoms with Crippen LogP contribution >= 0.6 is 0 Å². The average Bonchev–Trinajstić information content (AvgIpc) is 2.44. The van der Waals surface area contributed by atoms with E-state index in [-0.39, 0.29) is 0 Å². The molecular weight excluding hydrogens is 240 g/mol. The Kier molecular flexibility index (Phi) is 4.30. The molecule has 0 saturated carbocycles. The van der Waals surface area contributed by atoms with Crippen LogP contribution in [0.3, 0.4) is 0 Å². The molecule has 0 bridgehead atoms. The third kappa shape index (κ3) is 3.42. The summed E-state index contributed by atoms with van der Waals surface area (Å²) in [6, 6.07) is 9.54. The third-order valence-electron chi connectivity index (χ3n) is 2.57. The van der Waals surface area contributed by atoms with Gasteiger partial charge >= 0.3 is 0 Å². The van der Waals surface area contributed by atoms with Crippen LogP contribution in [0.5, 0.6) is 5.75 Å². The molecule has 19 heavy (non-hydrogen) atoms. The fourth-order valence-corrected chi connectivity index (χ4v) is 1.72. The van der Waals surface area contributed by atoms with Gasteiger partial charge in [0.15, 0.2) is 5.82 Å². The van der Waals surface area contributed by atoms with Crippen molar-refractivity contribution in [1.29, 1.82) is 0 Å². The molecule has 0 spiro atoms. The highest BCUT2D eigenvalue weighted by atomic mass is 16.5. The molecule has 5 nitrogen and oxygen atoms in total. The lowest BCUT2D eigenvalue weighted by molar-refractivity contribution is 0.317. The normalized spacial score (nSPS) is 10.3. The van der Waals surface area contributed by atoms with Crippen LogP contribution < -0.4 is 16.0 Å². The van der Waals surface area contributed by atoms with Crippen molar-refractivity contribution >= 4 is 5.82 Å². The number of nitrogens with one attached hydrogen (secondary N) is 1. The molecule has 0 aliphatic heterocycles. The first-order chi connectivity index (χ1) is 9.22. The van der Waals surface area contributed by atoms with E-state index in [0.29, 0.717) is 18.2 Å². The van der Waals surface area contributed by atoms with Gasteiger partial charge in [-0.05, 0) is 25.5 Å². The van der Waals surface area contributed by atoms with Gasteiger partial charge in [-0.15, -0.1) is 0 Å². The number of aryl methyl sites for hydroxylation is 1. The van der Waals surface area contributed by atoms with Gasteiger partial charge in [-0.2, -0.15) is 0 Å². The number of anilines is 1. The minimum Gasteiger partial charge on any atom is -0.494 e. The minimum atomic E-state index is 0.599. The van der Waals surface area contributed by atoms with Gasteiger partial charge in [0.25, 0.3) is 0 Å². The van der Waals surface area contributed by atoms with E-state index < -0.39 is 0 Å². The van der Waals surface area contributed by atoms with E-state index in [1.54, 1.807) is 6.07 Å². The molecule has 2 rings (SSSR count). The second-order valence-corrected chi connectivity index (χ2v) is 4.24. The molecule has 0 fully saturated rings. The number of nitrogens with zero attached hydrogens (tertiary/aromatic N) is 2. The molecule has 0 saturated heterocycles. The Labute approximate surface area is 112 Å². The monoisotopic (exact) mass is 258 g/mol. The van der Waals surface area contributed by atoms with Gasteiger partial charge in [0.2, 0.25) is 0 Å². The Hall–Kier alpha value is -2.14. The highest BCUT2D eigenvalue weighted by Crippen LogP contribution is 2.22. The van der Waals surface area contributed by atoms with Crippen LogP contribution in [0.4, 0.5) is 5.82 Å². The van der Waals surface area contributed by atoms with Crippen molar-refractivity contribution in [3.8, 4) is 17.1 Å². The van der Waals surface area contributed by atoms with Crippen LogP contribution in [-0.2, 0) is 0 Å². The molecule has 0 amide bonds. The van der Waals surface area contributed by atoms with Crippen LogP contribution in [0.2, 0.25) is 0 Å². The lowest BCUT2D eigenvalue weighted by atomic mass is 10.2. The van der Waals surface area contributed by atoms with Crippen LogP contribution in [0.15, 0.2) is 30.3 Å².